The van der Waals surface area contributed by atoms with Crippen LogP contribution >= 0.6 is 12.2 Å². The summed E-state index contributed by atoms with van der Waals surface area (Å²) in [6, 6.07) is 21.5. The second-order valence-corrected chi connectivity index (χ2v) is 9.40. The predicted molar refractivity (Wildman–Crippen MR) is 142 cm³/mol. The van der Waals surface area contributed by atoms with Gasteiger partial charge in [0.2, 0.25) is 0 Å². The molecule has 34 heavy (non-hydrogen) atoms. The fourth-order valence-corrected chi connectivity index (χ4v) is 5.16. The summed E-state index contributed by atoms with van der Waals surface area (Å²) in [7, 11) is 0. The van der Waals surface area contributed by atoms with Crippen molar-refractivity contribution >= 4 is 40.0 Å². The van der Waals surface area contributed by atoms with Crippen LogP contribution in [0.4, 0.5) is 5.69 Å². The Bertz CT molecular complexity index is 1500. The first-order valence-corrected chi connectivity index (χ1v) is 12.3. The Kier molecular flexibility index (Phi) is 5.43. The number of hydrogen-bond donors (Lipinski definition) is 3. The SMILES string of the molecule is CCc1ccc(-c2nc3c(N4CCN(Cc5cccc6[nH]c(=S)[nH]c56)CC4)cccc3[nH]2)cc1. The number of nitrogens with one attached hydrogen (secondary N) is 3. The lowest BCUT2D eigenvalue weighted by atomic mass is 10.1. The molecule has 0 saturated carbocycles. The van der Waals surface area contributed by atoms with Gasteiger partial charge in [0.05, 0.1) is 22.2 Å². The normalized spacial score (nSPS) is 14.9. The number of aryl methyl sites for hydroxylation is 1. The fourth-order valence-electron chi connectivity index (χ4n) is 4.95. The van der Waals surface area contributed by atoms with E-state index in [0.29, 0.717) is 4.77 Å². The highest BCUT2D eigenvalue weighted by Crippen LogP contribution is 2.29. The Morgan fingerprint density at radius 2 is 1.62 bits per heavy atom. The summed E-state index contributed by atoms with van der Waals surface area (Å²) in [4.78, 5) is 20.0. The van der Waals surface area contributed by atoms with Gasteiger partial charge >= 0.3 is 0 Å². The Morgan fingerprint density at radius 1 is 0.853 bits per heavy atom. The van der Waals surface area contributed by atoms with Gasteiger partial charge in [-0.25, -0.2) is 4.98 Å². The average Bonchev–Trinajstić information content (AvgIpc) is 3.48. The highest BCUT2D eigenvalue weighted by atomic mass is 32.1. The van der Waals surface area contributed by atoms with Crippen molar-refractivity contribution in [2.75, 3.05) is 31.1 Å². The lowest BCUT2D eigenvalue weighted by molar-refractivity contribution is 0.251. The van der Waals surface area contributed by atoms with Gasteiger partial charge in [-0.3, -0.25) is 4.90 Å². The molecule has 3 heterocycles. The zero-order valence-electron chi connectivity index (χ0n) is 19.3. The molecule has 1 saturated heterocycles. The number of imidazole rings is 2. The number of para-hydroxylation sites is 2. The van der Waals surface area contributed by atoms with E-state index in [1.165, 1.54) is 16.8 Å². The zero-order valence-corrected chi connectivity index (χ0v) is 20.1. The van der Waals surface area contributed by atoms with E-state index in [1.54, 1.807) is 0 Å². The molecular weight excluding hydrogens is 440 g/mol. The van der Waals surface area contributed by atoms with Crippen LogP contribution in [0.1, 0.15) is 18.1 Å². The van der Waals surface area contributed by atoms with Crippen molar-refractivity contribution in [3.05, 3.63) is 76.6 Å². The smallest absolute Gasteiger partial charge is 0.175 e. The Balaban J connectivity index is 1.20. The monoisotopic (exact) mass is 468 g/mol. The Labute approximate surface area is 203 Å². The quantitative estimate of drug-likeness (QED) is 0.292. The third kappa shape index (κ3) is 3.91. The van der Waals surface area contributed by atoms with Crippen LogP contribution < -0.4 is 4.90 Å². The minimum absolute atomic E-state index is 0.681. The molecule has 7 heteroatoms. The van der Waals surface area contributed by atoms with Gasteiger partial charge in [-0.15, -0.1) is 0 Å². The predicted octanol–water partition coefficient (Wildman–Crippen LogP) is 5.65. The lowest BCUT2D eigenvalue weighted by Crippen LogP contribution is -2.46. The van der Waals surface area contributed by atoms with Gasteiger partial charge in [0.15, 0.2) is 4.77 Å². The maximum absolute atomic E-state index is 5.29. The van der Waals surface area contributed by atoms with Crippen molar-refractivity contribution in [1.29, 1.82) is 0 Å². The third-order valence-electron chi connectivity index (χ3n) is 6.87. The van der Waals surface area contributed by atoms with Gasteiger partial charge in [-0.1, -0.05) is 49.4 Å². The molecule has 0 radical (unpaired) electrons. The summed E-state index contributed by atoms with van der Waals surface area (Å²) in [6.07, 6.45) is 1.05. The van der Waals surface area contributed by atoms with Crippen molar-refractivity contribution in [1.82, 2.24) is 24.8 Å². The molecule has 1 fully saturated rings. The van der Waals surface area contributed by atoms with Gasteiger partial charge in [0.25, 0.3) is 0 Å². The Hall–Kier alpha value is -3.42. The van der Waals surface area contributed by atoms with E-state index >= 15 is 0 Å². The summed E-state index contributed by atoms with van der Waals surface area (Å²) >= 11 is 5.29. The number of fused-ring (bicyclic) bond motifs is 2. The minimum Gasteiger partial charge on any atom is -0.367 e. The van der Waals surface area contributed by atoms with Crippen molar-refractivity contribution in [2.24, 2.45) is 0 Å². The van der Waals surface area contributed by atoms with E-state index in [2.05, 4.69) is 92.3 Å². The van der Waals surface area contributed by atoms with Gasteiger partial charge in [-0.2, -0.15) is 0 Å². The number of aromatic nitrogens is 4. The van der Waals surface area contributed by atoms with Crippen LogP contribution in [0.25, 0.3) is 33.5 Å². The van der Waals surface area contributed by atoms with Gasteiger partial charge < -0.3 is 19.9 Å². The molecule has 1 aliphatic rings. The third-order valence-corrected chi connectivity index (χ3v) is 7.08. The topological polar surface area (TPSA) is 66.7 Å². The second kappa shape index (κ2) is 8.74. The molecule has 0 spiro atoms. The van der Waals surface area contributed by atoms with E-state index in [4.69, 9.17) is 17.2 Å². The summed E-state index contributed by atoms with van der Waals surface area (Å²) < 4.78 is 0.681. The second-order valence-electron chi connectivity index (χ2n) is 8.99. The molecule has 0 atom stereocenters. The zero-order chi connectivity index (χ0) is 23.1. The van der Waals surface area contributed by atoms with Crippen LogP contribution in [-0.4, -0.2) is 51.0 Å². The molecule has 0 amide bonds. The molecule has 3 aromatic carbocycles. The van der Waals surface area contributed by atoms with Crippen LogP contribution in [0.5, 0.6) is 0 Å². The van der Waals surface area contributed by atoms with Crippen molar-refractivity contribution in [2.45, 2.75) is 19.9 Å². The molecule has 6 rings (SSSR count). The first-order chi connectivity index (χ1) is 16.7. The summed E-state index contributed by atoms with van der Waals surface area (Å²) in [5, 5.41) is 0. The number of anilines is 1. The van der Waals surface area contributed by atoms with Crippen molar-refractivity contribution in [3.63, 3.8) is 0 Å². The molecule has 172 valence electrons. The molecule has 0 unspecified atom stereocenters. The molecule has 0 aliphatic carbocycles. The first-order valence-electron chi connectivity index (χ1n) is 11.9. The van der Waals surface area contributed by atoms with Gasteiger partial charge in [-0.05, 0) is 48.0 Å². The Morgan fingerprint density at radius 3 is 2.41 bits per heavy atom. The van der Waals surface area contributed by atoms with Crippen LogP contribution in [0, 0.1) is 4.77 Å². The maximum atomic E-state index is 5.29. The van der Waals surface area contributed by atoms with Crippen molar-refractivity contribution < 1.29 is 0 Å². The highest BCUT2D eigenvalue weighted by molar-refractivity contribution is 7.71. The van der Waals surface area contributed by atoms with Crippen molar-refractivity contribution in [3.8, 4) is 11.4 Å². The van der Waals surface area contributed by atoms with Gasteiger partial charge in [0, 0.05) is 38.3 Å². The van der Waals surface area contributed by atoms with Crippen LogP contribution in [-0.2, 0) is 13.0 Å². The first kappa shape index (κ1) is 21.1. The maximum Gasteiger partial charge on any atom is 0.175 e. The highest BCUT2D eigenvalue weighted by Gasteiger charge is 2.21. The molecule has 1 aliphatic heterocycles. The van der Waals surface area contributed by atoms with Crippen LogP contribution in [0.3, 0.4) is 0 Å². The number of piperazine rings is 1. The molecule has 6 nitrogen and oxygen atoms in total. The number of nitrogens with zero attached hydrogens (tertiary/aromatic N) is 3. The molecule has 0 bridgehead atoms. The van der Waals surface area contributed by atoms with E-state index < -0.39 is 0 Å². The summed E-state index contributed by atoms with van der Waals surface area (Å²) in [5.41, 5.74) is 9.30. The van der Waals surface area contributed by atoms with Crippen LogP contribution in [0.2, 0.25) is 0 Å². The molecule has 2 aromatic heterocycles. The summed E-state index contributed by atoms with van der Waals surface area (Å²) in [5.74, 6) is 0.931. The number of aromatic amines is 3. The molecule has 3 N–H and O–H groups in total. The van der Waals surface area contributed by atoms with E-state index in [0.717, 1.165) is 72.6 Å². The van der Waals surface area contributed by atoms with Gasteiger partial charge in [0.1, 0.15) is 11.3 Å². The number of rotatable bonds is 5. The molecule has 5 aromatic rings. The van der Waals surface area contributed by atoms with E-state index in [1.807, 2.05) is 0 Å². The largest absolute Gasteiger partial charge is 0.367 e. The van der Waals surface area contributed by atoms with E-state index in [9.17, 15) is 0 Å². The van der Waals surface area contributed by atoms with E-state index in [-0.39, 0.29) is 0 Å². The van der Waals surface area contributed by atoms with Crippen LogP contribution in [0.15, 0.2) is 60.7 Å². The number of benzene rings is 3. The summed E-state index contributed by atoms with van der Waals surface area (Å²) in [6.45, 7) is 7.06. The minimum atomic E-state index is 0.681. The number of hydrogen-bond acceptors (Lipinski definition) is 4. The lowest BCUT2D eigenvalue weighted by Gasteiger charge is -2.36. The number of H-pyrrole nitrogens is 3. The standard InChI is InChI=1S/C27H28N6S/c1-2-18-9-11-19(12-10-18)26-28-22-7-4-8-23(25(22)30-26)33-15-13-32(14-16-33)17-20-5-3-6-21-24(20)31-27(34)29-21/h3-12H,2,13-17H2,1H3,(H,28,30)(H2,29,31,34). The fraction of sp³-hybridized carbons (Fsp3) is 0.259. The molecular formula is C27H28N6S. The average molecular weight is 469 g/mol.